The van der Waals surface area contributed by atoms with Gasteiger partial charge in [-0.2, -0.15) is 4.31 Å². The van der Waals surface area contributed by atoms with E-state index in [1.807, 2.05) is 6.20 Å². The second-order valence-corrected chi connectivity index (χ2v) is 19.6. The minimum Gasteiger partial charge on any atom is -0.382 e. The predicted molar refractivity (Wildman–Crippen MR) is 275 cm³/mol. The van der Waals surface area contributed by atoms with Crippen LogP contribution in [0.15, 0.2) is 84.3 Å². The summed E-state index contributed by atoms with van der Waals surface area (Å²) in [5.74, 6) is -2.81. The van der Waals surface area contributed by atoms with Crippen LogP contribution in [0.4, 0.5) is 17.2 Å². The number of carbonyl (C=O) groups excluding carboxylic acids is 5. The summed E-state index contributed by atoms with van der Waals surface area (Å²) in [7, 11) is -3.77. The van der Waals surface area contributed by atoms with Crippen molar-refractivity contribution in [2.45, 2.75) is 36.9 Å². The zero-order valence-electron chi connectivity index (χ0n) is 42.2. The Morgan fingerprint density at radius 1 is 0.766 bits per heavy atom. The molecule has 2 fully saturated rings. The average Bonchev–Trinajstić information content (AvgIpc) is 4.03. The van der Waals surface area contributed by atoms with Gasteiger partial charge in [0.05, 0.1) is 131 Å². The van der Waals surface area contributed by atoms with E-state index in [0.29, 0.717) is 148 Å². The molecule has 0 aliphatic carbocycles. The summed E-state index contributed by atoms with van der Waals surface area (Å²) in [4.78, 5) is 78.7. The topological polar surface area (TPSA) is 316 Å². The van der Waals surface area contributed by atoms with Crippen molar-refractivity contribution in [3.63, 3.8) is 0 Å². The van der Waals surface area contributed by atoms with Gasteiger partial charge in [0.15, 0.2) is 11.5 Å². The Balaban J connectivity index is 0.597. The van der Waals surface area contributed by atoms with Gasteiger partial charge in [0, 0.05) is 69.3 Å². The molecule has 1 atom stereocenters. The number of piperazine rings is 1. The van der Waals surface area contributed by atoms with Gasteiger partial charge in [0.25, 0.3) is 17.7 Å². The fraction of sp³-hybridized carbons (Fsp3) is 0.440. The lowest BCUT2D eigenvalue weighted by Gasteiger charge is -2.33. The van der Waals surface area contributed by atoms with Gasteiger partial charge in [-0.3, -0.25) is 44.1 Å². The third-order valence-corrected chi connectivity index (χ3v) is 14.3. The Bertz CT molecular complexity index is 2930. The number of piperidine rings is 1. The third kappa shape index (κ3) is 15.3. The highest BCUT2D eigenvalue weighted by molar-refractivity contribution is 7.89. The Kier molecular flexibility index (Phi) is 20.2. The van der Waals surface area contributed by atoms with Crippen LogP contribution < -0.4 is 21.7 Å². The first-order valence-corrected chi connectivity index (χ1v) is 26.5. The fourth-order valence-electron chi connectivity index (χ4n) is 8.44. The number of nitrogens with two attached hydrogens (primary N) is 1. The number of nitrogen functional groups attached to an aromatic ring is 1. The second-order valence-electron chi connectivity index (χ2n) is 17.6. The van der Waals surface area contributed by atoms with Crippen molar-refractivity contribution in [3.05, 3.63) is 102 Å². The number of hydrogen-bond donors (Lipinski definition) is 4. The molecule has 3 aromatic heterocycles. The van der Waals surface area contributed by atoms with Gasteiger partial charge in [-0.15, -0.1) is 5.10 Å². The molecule has 6 heterocycles. The highest BCUT2D eigenvalue weighted by Crippen LogP contribution is 2.32. The molecule has 27 heteroatoms. The van der Waals surface area contributed by atoms with Crippen LogP contribution in [0.25, 0.3) is 11.3 Å². The maximum absolute atomic E-state index is 13.6. The summed E-state index contributed by atoms with van der Waals surface area (Å²) in [5.41, 5.74) is 8.92. The number of rotatable bonds is 30. The molecule has 5 aromatic rings. The van der Waals surface area contributed by atoms with Crippen LogP contribution in [0.5, 0.6) is 0 Å². The van der Waals surface area contributed by atoms with Gasteiger partial charge < -0.3 is 44.8 Å². The first kappa shape index (κ1) is 56.0. The number of aromatic nitrogens is 6. The number of hydrogen-bond acceptors (Lipinski definition) is 21. The van der Waals surface area contributed by atoms with Crippen LogP contribution in [0, 0.1) is 0 Å². The van der Waals surface area contributed by atoms with Crippen molar-refractivity contribution in [2.75, 3.05) is 128 Å². The van der Waals surface area contributed by atoms with Crippen LogP contribution in [0.1, 0.15) is 49.7 Å². The maximum Gasteiger partial charge on any atom is 0.278 e. The van der Waals surface area contributed by atoms with E-state index in [1.165, 1.54) is 28.8 Å². The van der Waals surface area contributed by atoms with Crippen LogP contribution in [0.2, 0.25) is 0 Å². The standard InChI is InChI=1S/C50H61N13O13S/c51-46-45(48(66)55-36-3-2-12-52-31-36)56-41(32-54-46)35-6-8-38(9-7-35)77(69,70)62-16-14-60(15-17-62)33-37-34-61(59-58-37)18-20-72-22-24-74-26-28-76-30-29-75-27-25-73-23-21-71-19-13-53-40-5-1-4-39-44(40)50(68)63(49(39)67)42-10-11-43(64)57-47(42)65/h1-9,12,31-32,34,42,53H,10-11,13-30,33H2,(H2,51,54)(H,55,66)(H,57,64,65). The van der Waals surface area contributed by atoms with Crippen LogP contribution in [-0.4, -0.2) is 200 Å². The molecule has 0 saturated carbocycles. The molecule has 77 heavy (non-hydrogen) atoms. The lowest BCUT2D eigenvalue weighted by Crippen LogP contribution is -2.54. The molecule has 2 aromatic carbocycles. The van der Waals surface area contributed by atoms with Crippen molar-refractivity contribution in [1.29, 1.82) is 0 Å². The van der Waals surface area contributed by atoms with E-state index in [-0.39, 0.29) is 40.4 Å². The molecular weight excluding hydrogens is 1020 g/mol. The van der Waals surface area contributed by atoms with Crippen molar-refractivity contribution < 1.29 is 60.8 Å². The quantitative estimate of drug-likeness (QED) is 0.0369. The summed E-state index contributed by atoms with van der Waals surface area (Å²) < 4.78 is 63.9. The molecule has 0 bridgehead atoms. The van der Waals surface area contributed by atoms with Gasteiger partial charge in [0.2, 0.25) is 21.8 Å². The molecular formula is C50H61N13O13S. The number of nitrogens with one attached hydrogen (secondary N) is 3. The number of carbonyl (C=O) groups is 5. The Morgan fingerprint density at radius 2 is 1.43 bits per heavy atom. The van der Waals surface area contributed by atoms with E-state index in [1.54, 1.807) is 53.3 Å². The largest absolute Gasteiger partial charge is 0.382 e. The van der Waals surface area contributed by atoms with Crippen molar-refractivity contribution in [2.24, 2.45) is 0 Å². The van der Waals surface area contributed by atoms with Crippen LogP contribution in [-0.2, 0) is 61.1 Å². The van der Waals surface area contributed by atoms with Gasteiger partial charge in [0.1, 0.15) is 6.04 Å². The first-order valence-electron chi connectivity index (χ1n) is 25.1. The summed E-state index contributed by atoms with van der Waals surface area (Å²) in [6, 6.07) is 13.5. The molecule has 8 rings (SSSR count). The molecule has 5 N–H and O–H groups in total. The van der Waals surface area contributed by atoms with E-state index >= 15 is 0 Å². The maximum atomic E-state index is 13.6. The van der Waals surface area contributed by atoms with Gasteiger partial charge in [-0.05, 0) is 42.8 Å². The zero-order chi connectivity index (χ0) is 54.0. The summed E-state index contributed by atoms with van der Waals surface area (Å²) in [6.07, 6.45) is 6.51. The van der Waals surface area contributed by atoms with Crippen LogP contribution in [0.3, 0.4) is 0 Å². The van der Waals surface area contributed by atoms with Gasteiger partial charge in [-0.1, -0.05) is 23.4 Å². The predicted octanol–water partition coefficient (Wildman–Crippen LogP) is 1.08. The SMILES string of the molecule is Nc1ncc(-c2ccc(S(=O)(=O)N3CCN(Cc4cn(CCOCCOCCOCCOCCOCCOCCNc5cccc6c5C(=O)N(C5CCC(=O)NC5=O)C6=O)nn4)CC3)cc2)nc1C(=O)Nc1cccnc1. The van der Waals surface area contributed by atoms with E-state index < -0.39 is 45.6 Å². The Morgan fingerprint density at radius 3 is 2.08 bits per heavy atom. The number of ether oxygens (including phenoxy) is 6. The Hall–Kier alpha value is -7.21. The lowest BCUT2D eigenvalue weighted by atomic mass is 10.0. The molecule has 410 valence electrons. The molecule has 0 radical (unpaired) electrons. The number of fused-ring (bicyclic) bond motifs is 1. The van der Waals surface area contributed by atoms with Crippen molar-refractivity contribution >= 4 is 56.8 Å². The molecule has 3 aliphatic heterocycles. The third-order valence-electron chi connectivity index (χ3n) is 12.4. The number of amides is 5. The number of benzene rings is 2. The van der Waals surface area contributed by atoms with E-state index in [4.69, 9.17) is 34.2 Å². The normalized spacial score (nSPS) is 16.2. The van der Waals surface area contributed by atoms with Crippen molar-refractivity contribution in [3.8, 4) is 11.3 Å². The molecule has 3 aliphatic rings. The number of sulfonamides is 1. The highest BCUT2D eigenvalue weighted by Gasteiger charge is 2.45. The molecule has 5 amide bonds. The molecule has 26 nitrogen and oxygen atoms in total. The fourth-order valence-corrected chi connectivity index (χ4v) is 9.86. The summed E-state index contributed by atoms with van der Waals surface area (Å²) >= 11 is 0. The number of pyridine rings is 1. The van der Waals surface area contributed by atoms with Gasteiger partial charge in [-0.25, -0.2) is 23.1 Å². The molecule has 1 unspecified atom stereocenters. The first-order chi connectivity index (χ1) is 37.5. The van der Waals surface area contributed by atoms with E-state index in [9.17, 15) is 32.4 Å². The van der Waals surface area contributed by atoms with Crippen LogP contribution >= 0.6 is 0 Å². The number of imide groups is 2. The van der Waals surface area contributed by atoms with E-state index in [0.717, 1.165) is 10.6 Å². The monoisotopic (exact) mass is 1080 g/mol. The summed E-state index contributed by atoms with van der Waals surface area (Å²) in [5, 5.41) is 16.5. The minimum atomic E-state index is -3.77. The molecule has 2 saturated heterocycles. The average molecular weight is 1080 g/mol. The Labute approximate surface area is 443 Å². The second kappa shape index (κ2) is 27.7. The lowest BCUT2D eigenvalue weighted by molar-refractivity contribution is -0.136. The zero-order valence-corrected chi connectivity index (χ0v) is 43.1. The summed E-state index contributed by atoms with van der Waals surface area (Å²) in [6.45, 7) is 7.76. The highest BCUT2D eigenvalue weighted by atomic mass is 32.2. The smallest absolute Gasteiger partial charge is 0.278 e. The van der Waals surface area contributed by atoms with Crippen molar-refractivity contribution in [1.82, 2.24) is 49.4 Å². The number of nitrogens with zero attached hydrogens (tertiary/aromatic N) is 9. The number of anilines is 3. The minimum absolute atomic E-state index is 0.0445. The molecule has 0 spiro atoms. The van der Waals surface area contributed by atoms with Gasteiger partial charge >= 0.3 is 0 Å². The van der Waals surface area contributed by atoms with E-state index in [2.05, 4.69) is 46.1 Å².